The molecule has 0 aromatic heterocycles. The monoisotopic (exact) mass is 273 g/mol. The van der Waals surface area contributed by atoms with Crippen molar-refractivity contribution in [3.05, 3.63) is 22.2 Å². The highest BCUT2D eigenvalue weighted by Crippen LogP contribution is 2.37. The molecule has 0 amide bonds. The van der Waals surface area contributed by atoms with E-state index in [1.165, 1.54) is 5.56 Å². The Bertz CT molecular complexity index is 329. The van der Waals surface area contributed by atoms with Gasteiger partial charge < -0.3 is 14.8 Å². The number of benzene rings is 1. The Kier molecular flexibility index (Phi) is 4.91. The van der Waals surface area contributed by atoms with Crippen LogP contribution in [0.3, 0.4) is 0 Å². The van der Waals surface area contributed by atoms with Crippen molar-refractivity contribution in [3.8, 4) is 11.5 Å². The molecule has 1 rings (SSSR count). The molecule has 1 N–H and O–H groups in total. The molecule has 1 aromatic carbocycles. The Morgan fingerprint density at radius 1 is 1.27 bits per heavy atom. The van der Waals surface area contributed by atoms with Crippen LogP contribution in [0.25, 0.3) is 0 Å². The number of methoxy groups -OCH3 is 2. The largest absolute Gasteiger partial charge is 0.495 e. The van der Waals surface area contributed by atoms with E-state index >= 15 is 0 Å². The summed E-state index contributed by atoms with van der Waals surface area (Å²) in [7, 11) is 5.25. The zero-order valence-corrected chi connectivity index (χ0v) is 10.8. The Labute approximate surface area is 98.9 Å². The van der Waals surface area contributed by atoms with E-state index in [-0.39, 0.29) is 0 Å². The Morgan fingerprint density at radius 3 is 2.53 bits per heavy atom. The highest BCUT2D eigenvalue weighted by Gasteiger charge is 2.11. The summed E-state index contributed by atoms with van der Waals surface area (Å²) in [5.74, 6) is 1.64. The molecule has 0 saturated heterocycles. The fourth-order valence-electron chi connectivity index (χ4n) is 1.41. The third-order valence-corrected chi connectivity index (χ3v) is 2.96. The first kappa shape index (κ1) is 12.3. The van der Waals surface area contributed by atoms with Gasteiger partial charge in [-0.05, 0) is 47.6 Å². The summed E-state index contributed by atoms with van der Waals surface area (Å²) in [6, 6.07) is 3.97. The lowest BCUT2D eigenvalue weighted by Crippen LogP contribution is -2.11. The quantitative estimate of drug-likeness (QED) is 0.893. The van der Waals surface area contributed by atoms with Crippen LogP contribution in [-0.4, -0.2) is 27.8 Å². The van der Waals surface area contributed by atoms with Gasteiger partial charge in [-0.1, -0.05) is 6.07 Å². The molecular formula is C11H16BrNO2. The fraction of sp³-hybridized carbons (Fsp3) is 0.455. The summed E-state index contributed by atoms with van der Waals surface area (Å²) in [4.78, 5) is 0. The van der Waals surface area contributed by atoms with Gasteiger partial charge in [0.1, 0.15) is 16.0 Å². The molecule has 4 heteroatoms. The van der Waals surface area contributed by atoms with Gasteiger partial charge in [-0.3, -0.25) is 0 Å². The summed E-state index contributed by atoms with van der Waals surface area (Å²) >= 11 is 3.47. The van der Waals surface area contributed by atoms with Crippen LogP contribution >= 0.6 is 15.9 Å². The molecular weight excluding hydrogens is 258 g/mol. The van der Waals surface area contributed by atoms with Crippen molar-refractivity contribution in [1.29, 1.82) is 0 Å². The molecule has 0 saturated carbocycles. The van der Waals surface area contributed by atoms with E-state index in [1.54, 1.807) is 14.2 Å². The SMILES string of the molecule is CNCCc1ccc(OC)c(Br)c1OC. The molecule has 1 aromatic rings. The van der Waals surface area contributed by atoms with Crippen LogP contribution in [0.2, 0.25) is 0 Å². The maximum atomic E-state index is 5.36. The van der Waals surface area contributed by atoms with Crippen LogP contribution in [0.15, 0.2) is 16.6 Å². The minimum absolute atomic E-state index is 0.792. The molecule has 0 bridgehead atoms. The predicted octanol–water partition coefficient (Wildman–Crippen LogP) is 2.23. The van der Waals surface area contributed by atoms with Gasteiger partial charge >= 0.3 is 0 Å². The molecule has 0 fully saturated rings. The normalized spacial score (nSPS) is 10.1. The first-order valence-corrected chi connectivity index (χ1v) is 5.57. The van der Waals surface area contributed by atoms with Gasteiger partial charge in [0.25, 0.3) is 0 Å². The molecule has 0 aliphatic rings. The lowest BCUT2D eigenvalue weighted by molar-refractivity contribution is 0.386. The third-order valence-electron chi connectivity index (χ3n) is 2.21. The lowest BCUT2D eigenvalue weighted by Gasteiger charge is -2.13. The van der Waals surface area contributed by atoms with Crippen LogP contribution in [0.4, 0.5) is 0 Å². The zero-order valence-electron chi connectivity index (χ0n) is 9.26. The fourth-order valence-corrected chi connectivity index (χ4v) is 2.12. The first-order chi connectivity index (χ1) is 7.24. The highest BCUT2D eigenvalue weighted by molar-refractivity contribution is 9.10. The molecule has 15 heavy (non-hydrogen) atoms. The molecule has 0 radical (unpaired) electrons. The second-order valence-electron chi connectivity index (χ2n) is 3.13. The smallest absolute Gasteiger partial charge is 0.140 e. The van der Waals surface area contributed by atoms with Crippen LogP contribution < -0.4 is 14.8 Å². The number of hydrogen-bond donors (Lipinski definition) is 1. The van der Waals surface area contributed by atoms with E-state index in [2.05, 4.69) is 21.2 Å². The van der Waals surface area contributed by atoms with Crippen LogP contribution in [0.1, 0.15) is 5.56 Å². The summed E-state index contributed by atoms with van der Waals surface area (Å²) in [5, 5.41) is 3.11. The minimum atomic E-state index is 0.792. The second kappa shape index (κ2) is 5.98. The molecule has 0 unspecified atom stereocenters. The van der Waals surface area contributed by atoms with Crippen LogP contribution in [0.5, 0.6) is 11.5 Å². The molecule has 0 atom stereocenters. The average molecular weight is 274 g/mol. The van der Waals surface area contributed by atoms with Crippen molar-refractivity contribution in [2.45, 2.75) is 6.42 Å². The molecule has 0 aliphatic heterocycles. The minimum Gasteiger partial charge on any atom is -0.495 e. The maximum absolute atomic E-state index is 5.36. The molecule has 84 valence electrons. The van der Waals surface area contributed by atoms with Gasteiger partial charge in [0.2, 0.25) is 0 Å². The number of hydrogen-bond acceptors (Lipinski definition) is 3. The van der Waals surface area contributed by atoms with Gasteiger partial charge in [0, 0.05) is 0 Å². The van der Waals surface area contributed by atoms with Gasteiger partial charge in [-0.2, -0.15) is 0 Å². The number of nitrogens with one attached hydrogen (secondary N) is 1. The van der Waals surface area contributed by atoms with E-state index < -0.39 is 0 Å². The summed E-state index contributed by atoms with van der Waals surface area (Å²) in [6.07, 6.45) is 0.933. The Morgan fingerprint density at radius 2 is 2.00 bits per heavy atom. The maximum Gasteiger partial charge on any atom is 0.140 e. The first-order valence-electron chi connectivity index (χ1n) is 4.78. The molecule has 0 spiro atoms. The lowest BCUT2D eigenvalue weighted by atomic mass is 10.1. The van der Waals surface area contributed by atoms with Crippen molar-refractivity contribution in [3.63, 3.8) is 0 Å². The van der Waals surface area contributed by atoms with Gasteiger partial charge in [0.05, 0.1) is 14.2 Å². The zero-order chi connectivity index (χ0) is 11.3. The number of rotatable bonds is 5. The predicted molar refractivity (Wildman–Crippen MR) is 64.9 cm³/mol. The summed E-state index contributed by atoms with van der Waals surface area (Å²) < 4.78 is 11.4. The standard InChI is InChI=1S/C11H16BrNO2/c1-13-7-6-8-4-5-9(14-2)10(12)11(8)15-3/h4-5,13H,6-7H2,1-3H3. The van der Waals surface area contributed by atoms with Crippen molar-refractivity contribution in [1.82, 2.24) is 5.32 Å². The van der Waals surface area contributed by atoms with Gasteiger partial charge in [-0.25, -0.2) is 0 Å². The Hall–Kier alpha value is -0.740. The van der Waals surface area contributed by atoms with E-state index in [1.807, 2.05) is 19.2 Å². The topological polar surface area (TPSA) is 30.5 Å². The number of halogens is 1. The van der Waals surface area contributed by atoms with Crippen LogP contribution in [0, 0.1) is 0 Å². The number of ether oxygens (including phenoxy) is 2. The van der Waals surface area contributed by atoms with E-state index in [4.69, 9.17) is 9.47 Å². The Balaban J connectivity index is 3.01. The van der Waals surface area contributed by atoms with E-state index in [0.717, 1.165) is 28.9 Å². The van der Waals surface area contributed by atoms with E-state index in [0.29, 0.717) is 0 Å². The third kappa shape index (κ3) is 2.86. The summed E-state index contributed by atoms with van der Waals surface area (Å²) in [6.45, 7) is 0.926. The van der Waals surface area contributed by atoms with Crippen molar-refractivity contribution in [2.75, 3.05) is 27.8 Å². The second-order valence-corrected chi connectivity index (χ2v) is 3.92. The van der Waals surface area contributed by atoms with Crippen molar-refractivity contribution >= 4 is 15.9 Å². The van der Waals surface area contributed by atoms with Crippen molar-refractivity contribution in [2.24, 2.45) is 0 Å². The van der Waals surface area contributed by atoms with Gasteiger partial charge in [-0.15, -0.1) is 0 Å². The van der Waals surface area contributed by atoms with Crippen molar-refractivity contribution < 1.29 is 9.47 Å². The highest BCUT2D eigenvalue weighted by atomic mass is 79.9. The molecule has 0 heterocycles. The molecule has 3 nitrogen and oxygen atoms in total. The average Bonchev–Trinajstić information content (AvgIpc) is 2.26. The van der Waals surface area contributed by atoms with Gasteiger partial charge in [0.15, 0.2) is 0 Å². The number of likely N-dealkylation sites (N-methyl/N-ethyl adjacent to an activating group) is 1. The summed E-state index contributed by atoms with van der Waals surface area (Å²) in [5.41, 5.74) is 1.17. The van der Waals surface area contributed by atoms with Crippen LogP contribution in [-0.2, 0) is 6.42 Å². The molecule has 0 aliphatic carbocycles. The van der Waals surface area contributed by atoms with E-state index in [9.17, 15) is 0 Å².